The van der Waals surface area contributed by atoms with Crippen molar-refractivity contribution in [3.63, 3.8) is 0 Å². The summed E-state index contributed by atoms with van der Waals surface area (Å²) in [4.78, 5) is 15.5. The number of amides is 1. The molecular formula is C27H35ClFN3O2. The number of ether oxygens (including phenoxy) is 1. The Balaban J connectivity index is 1.22. The molecule has 0 aromatic heterocycles. The summed E-state index contributed by atoms with van der Waals surface area (Å²) in [5.41, 5.74) is 8.27. The topological polar surface area (TPSA) is 53.6 Å². The van der Waals surface area contributed by atoms with Crippen LogP contribution in [-0.2, 0) is 14.9 Å². The lowest BCUT2D eigenvalue weighted by Crippen LogP contribution is -2.48. The standard InChI is InChI=1S/C27H35ClFN3O2/c1-32(26(33)27(13-16-34-17-14-27)21-6-5-7-22(28)18-21)15-4-2-3-8-24-19-25(31-30-24)20-9-11-23(29)12-10-20/h5-7,9-12,18,24-25,30-31H,2-4,8,13-17,19H2,1H3. The summed E-state index contributed by atoms with van der Waals surface area (Å²) in [5, 5.41) is 0.662. The summed E-state index contributed by atoms with van der Waals surface area (Å²) in [6.07, 6.45) is 6.60. The van der Waals surface area contributed by atoms with Gasteiger partial charge in [0, 0.05) is 43.9 Å². The number of hydrogen-bond acceptors (Lipinski definition) is 4. The molecule has 2 aromatic carbocycles. The molecule has 2 aliphatic heterocycles. The second kappa shape index (κ2) is 11.6. The summed E-state index contributed by atoms with van der Waals surface area (Å²) in [6.45, 7) is 1.93. The minimum absolute atomic E-state index is 0.168. The fourth-order valence-corrected chi connectivity index (χ4v) is 5.43. The first-order valence-electron chi connectivity index (χ1n) is 12.3. The third-order valence-corrected chi connectivity index (χ3v) is 7.52. The second-order valence-electron chi connectivity index (χ2n) is 9.61. The number of nitrogens with zero attached hydrogens (tertiary/aromatic N) is 1. The van der Waals surface area contributed by atoms with Crippen LogP contribution in [0.2, 0.25) is 5.02 Å². The normalized spacial score (nSPS) is 22.0. The fourth-order valence-electron chi connectivity index (χ4n) is 5.24. The van der Waals surface area contributed by atoms with E-state index in [4.69, 9.17) is 16.3 Å². The Morgan fingerprint density at radius 3 is 2.62 bits per heavy atom. The van der Waals surface area contributed by atoms with E-state index in [0.717, 1.165) is 49.8 Å². The molecule has 2 unspecified atom stereocenters. The van der Waals surface area contributed by atoms with Gasteiger partial charge in [-0.25, -0.2) is 4.39 Å². The molecule has 2 saturated heterocycles. The second-order valence-corrected chi connectivity index (χ2v) is 10.0. The number of rotatable bonds is 9. The monoisotopic (exact) mass is 487 g/mol. The number of halogens is 2. The van der Waals surface area contributed by atoms with Crippen LogP contribution >= 0.6 is 11.6 Å². The van der Waals surface area contributed by atoms with Crippen molar-refractivity contribution in [3.05, 3.63) is 70.5 Å². The first-order chi connectivity index (χ1) is 16.5. The van der Waals surface area contributed by atoms with Gasteiger partial charge in [0.15, 0.2) is 0 Å². The zero-order valence-corrected chi connectivity index (χ0v) is 20.6. The van der Waals surface area contributed by atoms with E-state index in [1.165, 1.54) is 12.1 Å². The van der Waals surface area contributed by atoms with E-state index in [-0.39, 0.29) is 17.8 Å². The summed E-state index contributed by atoms with van der Waals surface area (Å²) in [7, 11) is 1.92. The lowest BCUT2D eigenvalue weighted by atomic mass is 9.73. The van der Waals surface area contributed by atoms with Crippen LogP contribution in [0.1, 0.15) is 62.1 Å². The Hall–Kier alpha value is -1.99. The zero-order valence-electron chi connectivity index (χ0n) is 19.9. The summed E-state index contributed by atoms with van der Waals surface area (Å²) < 4.78 is 18.7. The third kappa shape index (κ3) is 5.98. The van der Waals surface area contributed by atoms with Gasteiger partial charge in [0.25, 0.3) is 0 Å². The number of unbranched alkanes of at least 4 members (excludes halogenated alkanes) is 2. The highest BCUT2D eigenvalue weighted by Gasteiger charge is 2.43. The van der Waals surface area contributed by atoms with Gasteiger partial charge in [-0.3, -0.25) is 15.6 Å². The van der Waals surface area contributed by atoms with Crippen LogP contribution < -0.4 is 10.9 Å². The maximum atomic E-state index is 13.6. The van der Waals surface area contributed by atoms with E-state index in [2.05, 4.69) is 10.9 Å². The Bertz CT molecular complexity index is 949. The largest absolute Gasteiger partial charge is 0.381 e. The molecule has 2 N–H and O–H groups in total. The average molecular weight is 488 g/mol. The minimum Gasteiger partial charge on any atom is -0.381 e. The third-order valence-electron chi connectivity index (χ3n) is 7.28. The lowest BCUT2D eigenvalue weighted by Gasteiger charge is -2.39. The number of carbonyl (C=O) groups excluding carboxylic acids is 1. The molecule has 5 nitrogen and oxygen atoms in total. The molecule has 4 rings (SSSR count). The summed E-state index contributed by atoms with van der Waals surface area (Å²) in [6, 6.07) is 15.1. The van der Waals surface area contributed by atoms with Crippen molar-refractivity contribution in [3.8, 4) is 0 Å². The molecule has 2 heterocycles. The maximum absolute atomic E-state index is 13.6. The average Bonchev–Trinajstić information content (AvgIpc) is 3.33. The Kier molecular flexibility index (Phi) is 8.59. The van der Waals surface area contributed by atoms with Crippen molar-refractivity contribution in [1.82, 2.24) is 15.8 Å². The van der Waals surface area contributed by atoms with Gasteiger partial charge in [-0.1, -0.05) is 48.7 Å². The molecule has 7 heteroatoms. The number of hydrogen-bond donors (Lipinski definition) is 2. The van der Waals surface area contributed by atoms with Gasteiger partial charge >= 0.3 is 0 Å². The van der Waals surface area contributed by atoms with Crippen LogP contribution in [0, 0.1) is 5.82 Å². The van der Waals surface area contributed by atoms with Gasteiger partial charge in [-0.2, -0.15) is 0 Å². The van der Waals surface area contributed by atoms with Crippen LogP contribution in [0.4, 0.5) is 4.39 Å². The molecule has 2 fully saturated rings. The Morgan fingerprint density at radius 2 is 1.88 bits per heavy atom. The van der Waals surface area contributed by atoms with Crippen LogP contribution in [-0.4, -0.2) is 43.7 Å². The van der Waals surface area contributed by atoms with Crippen LogP contribution in [0.25, 0.3) is 0 Å². The van der Waals surface area contributed by atoms with Gasteiger partial charge in [-0.05, 0) is 67.5 Å². The molecule has 0 saturated carbocycles. The van der Waals surface area contributed by atoms with E-state index < -0.39 is 5.41 Å². The van der Waals surface area contributed by atoms with Crippen LogP contribution in [0.3, 0.4) is 0 Å². The van der Waals surface area contributed by atoms with E-state index in [1.807, 2.05) is 48.3 Å². The van der Waals surface area contributed by atoms with Gasteiger partial charge in [0.05, 0.1) is 5.41 Å². The van der Waals surface area contributed by atoms with E-state index in [1.54, 1.807) is 0 Å². The predicted octanol–water partition coefficient (Wildman–Crippen LogP) is 5.15. The number of carbonyl (C=O) groups is 1. The van der Waals surface area contributed by atoms with Crippen molar-refractivity contribution in [1.29, 1.82) is 0 Å². The Labute approximate surface area is 207 Å². The fraction of sp³-hybridized carbons (Fsp3) is 0.519. The van der Waals surface area contributed by atoms with Crippen molar-refractivity contribution >= 4 is 17.5 Å². The van der Waals surface area contributed by atoms with Crippen LogP contribution in [0.15, 0.2) is 48.5 Å². The predicted molar refractivity (Wildman–Crippen MR) is 133 cm³/mol. The number of likely N-dealkylation sites (N-methyl/N-ethyl adjacent to an activating group) is 1. The smallest absolute Gasteiger partial charge is 0.233 e. The van der Waals surface area contributed by atoms with Gasteiger partial charge in [0.2, 0.25) is 5.91 Å². The summed E-state index contributed by atoms with van der Waals surface area (Å²) >= 11 is 6.25. The molecule has 184 valence electrons. The van der Waals surface area contributed by atoms with Crippen molar-refractivity contribution < 1.29 is 13.9 Å². The van der Waals surface area contributed by atoms with Crippen molar-refractivity contribution in [2.24, 2.45) is 0 Å². The molecular weight excluding hydrogens is 453 g/mol. The first-order valence-corrected chi connectivity index (χ1v) is 12.7. The van der Waals surface area contributed by atoms with E-state index >= 15 is 0 Å². The number of hydrazine groups is 1. The van der Waals surface area contributed by atoms with Gasteiger partial charge in [0.1, 0.15) is 5.82 Å². The van der Waals surface area contributed by atoms with Crippen molar-refractivity contribution in [2.75, 3.05) is 26.8 Å². The van der Waals surface area contributed by atoms with Crippen molar-refractivity contribution in [2.45, 2.75) is 62.4 Å². The summed E-state index contributed by atoms with van der Waals surface area (Å²) in [5.74, 6) is -0.0353. The highest BCUT2D eigenvalue weighted by atomic mass is 35.5. The maximum Gasteiger partial charge on any atom is 0.233 e. The highest BCUT2D eigenvalue weighted by molar-refractivity contribution is 6.30. The quantitative estimate of drug-likeness (QED) is 0.480. The SMILES string of the molecule is CN(CCCCCC1CC(c2ccc(F)cc2)NN1)C(=O)C1(c2cccc(Cl)c2)CCOCC1. The zero-order chi connectivity index (χ0) is 24.0. The molecule has 2 aromatic rings. The van der Waals surface area contributed by atoms with E-state index in [0.29, 0.717) is 37.1 Å². The molecule has 0 spiro atoms. The van der Waals surface area contributed by atoms with E-state index in [9.17, 15) is 9.18 Å². The highest BCUT2D eigenvalue weighted by Crippen LogP contribution is 2.37. The first kappa shape index (κ1) is 25.1. The molecule has 2 aliphatic rings. The molecule has 0 bridgehead atoms. The molecule has 34 heavy (non-hydrogen) atoms. The molecule has 0 radical (unpaired) electrons. The van der Waals surface area contributed by atoms with Gasteiger partial charge < -0.3 is 9.64 Å². The van der Waals surface area contributed by atoms with Crippen LogP contribution in [0.5, 0.6) is 0 Å². The van der Waals surface area contributed by atoms with Gasteiger partial charge in [-0.15, -0.1) is 0 Å². The Morgan fingerprint density at radius 1 is 1.12 bits per heavy atom. The molecule has 1 amide bonds. The molecule has 2 atom stereocenters. The molecule has 0 aliphatic carbocycles. The lowest BCUT2D eigenvalue weighted by molar-refractivity contribution is -0.140. The number of nitrogens with one attached hydrogen (secondary N) is 2. The number of benzene rings is 2. The minimum atomic E-state index is -0.549.